The molecule has 0 spiro atoms. The second-order valence-corrected chi connectivity index (χ2v) is 3.89. The van der Waals surface area contributed by atoms with E-state index in [1.807, 2.05) is 0 Å². The molecule has 0 radical (unpaired) electrons. The molecule has 0 aromatic rings. The number of rotatable bonds is 4. The Bertz CT molecular complexity index is 141. The van der Waals surface area contributed by atoms with E-state index < -0.39 is 0 Å². The van der Waals surface area contributed by atoms with Crippen LogP contribution in [0.15, 0.2) is 0 Å². The maximum Gasteiger partial charge on any atom is 0.0824 e. The van der Waals surface area contributed by atoms with Gasteiger partial charge in [0.2, 0.25) is 0 Å². The van der Waals surface area contributed by atoms with Crippen LogP contribution < -0.4 is 5.73 Å². The zero-order valence-electron chi connectivity index (χ0n) is 8.83. The molecule has 3 nitrogen and oxygen atoms in total. The molecule has 1 fully saturated rings. The lowest BCUT2D eigenvalue weighted by molar-refractivity contribution is -0.0536. The normalized spacial score (nSPS) is 30.7. The second-order valence-electron chi connectivity index (χ2n) is 3.89. The van der Waals surface area contributed by atoms with Gasteiger partial charge in [0.1, 0.15) is 0 Å². The molecule has 78 valence electrons. The van der Waals surface area contributed by atoms with Gasteiger partial charge in [0.05, 0.1) is 12.7 Å². The van der Waals surface area contributed by atoms with Crippen LogP contribution in [0, 0.1) is 0 Å². The molecule has 2 N–H and O–H groups in total. The standard InChI is InChI=1S/C10H22N2O/c1-3-4-5-12-7-10(6-11)13-8-9(12)2/h9-10H,3-8,11H2,1-2H3. The molecule has 2 unspecified atom stereocenters. The Morgan fingerprint density at radius 2 is 2.31 bits per heavy atom. The lowest BCUT2D eigenvalue weighted by Crippen LogP contribution is -2.50. The Balaban J connectivity index is 2.31. The average molecular weight is 186 g/mol. The fourth-order valence-corrected chi connectivity index (χ4v) is 1.69. The van der Waals surface area contributed by atoms with Crippen LogP contribution in [0.25, 0.3) is 0 Å². The maximum absolute atomic E-state index is 5.59. The Morgan fingerprint density at radius 1 is 1.54 bits per heavy atom. The first-order chi connectivity index (χ1) is 6.27. The van der Waals surface area contributed by atoms with Crippen molar-refractivity contribution in [1.82, 2.24) is 4.90 Å². The van der Waals surface area contributed by atoms with E-state index >= 15 is 0 Å². The van der Waals surface area contributed by atoms with Crippen LogP contribution in [0.4, 0.5) is 0 Å². The molecule has 1 saturated heterocycles. The van der Waals surface area contributed by atoms with Gasteiger partial charge in [-0.15, -0.1) is 0 Å². The van der Waals surface area contributed by atoms with Crippen LogP contribution in [0.5, 0.6) is 0 Å². The highest BCUT2D eigenvalue weighted by Crippen LogP contribution is 2.11. The number of nitrogens with two attached hydrogens (primary N) is 1. The molecular weight excluding hydrogens is 164 g/mol. The third-order valence-electron chi connectivity index (χ3n) is 2.70. The minimum Gasteiger partial charge on any atom is -0.374 e. The summed E-state index contributed by atoms with van der Waals surface area (Å²) in [5, 5.41) is 0. The molecule has 0 amide bonds. The van der Waals surface area contributed by atoms with Gasteiger partial charge in [-0.1, -0.05) is 13.3 Å². The minimum absolute atomic E-state index is 0.257. The van der Waals surface area contributed by atoms with Gasteiger partial charge >= 0.3 is 0 Å². The molecule has 1 aliphatic rings. The molecule has 0 aromatic carbocycles. The van der Waals surface area contributed by atoms with Crippen molar-refractivity contribution in [2.24, 2.45) is 5.73 Å². The summed E-state index contributed by atoms with van der Waals surface area (Å²) in [6.07, 6.45) is 2.80. The number of nitrogens with zero attached hydrogens (tertiary/aromatic N) is 1. The van der Waals surface area contributed by atoms with Crippen molar-refractivity contribution in [3.05, 3.63) is 0 Å². The molecule has 0 bridgehead atoms. The molecule has 0 aliphatic carbocycles. The molecule has 1 heterocycles. The van der Waals surface area contributed by atoms with Gasteiger partial charge in [-0.05, 0) is 19.9 Å². The van der Waals surface area contributed by atoms with Gasteiger partial charge in [0, 0.05) is 19.1 Å². The van der Waals surface area contributed by atoms with Gasteiger partial charge in [-0.2, -0.15) is 0 Å². The number of morpholine rings is 1. The van der Waals surface area contributed by atoms with E-state index in [0.717, 1.165) is 13.2 Å². The first-order valence-corrected chi connectivity index (χ1v) is 5.33. The van der Waals surface area contributed by atoms with Crippen molar-refractivity contribution in [3.8, 4) is 0 Å². The summed E-state index contributed by atoms with van der Waals surface area (Å²) in [5.74, 6) is 0. The highest BCUT2D eigenvalue weighted by Gasteiger charge is 2.24. The van der Waals surface area contributed by atoms with Crippen molar-refractivity contribution in [1.29, 1.82) is 0 Å². The monoisotopic (exact) mass is 186 g/mol. The highest BCUT2D eigenvalue weighted by atomic mass is 16.5. The van der Waals surface area contributed by atoms with Crippen LogP contribution in [0.3, 0.4) is 0 Å². The van der Waals surface area contributed by atoms with Crippen molar-refractivity contribution >= 4 is 0 Å². The van der Waals surface area contributed by atoms with E-state index in [9.17, 15) is 0 Å². The average Bonchev–Trinajstić information content (AvgIpc) is 2.17. The van der Waals surface area contributed by atoms with Crippen molar-refractivity contribution in [2.75, 3.05) is 26.2 Å². The topological polar surface area (TPSA) is 38.5 Å². The number of hydrogen-bond donors (Lipinski definition) is 1. The van der Waals surface area contributed by atoms with Gasteiger partial charge in [-0.25, -0.2) is 0 Å². The number of hydrogen-bond acceptors (Lipinski definition) is 3. The van der Waals surface area contributed by atoms with Crippen molar-refractivity contribution in [3.63, 3.8) is 0 Å². The number of unbranched alkanes of at least 4 members (excludes halogenated alkanes) is 1. The van der Waals surface area contributed by atoms with E-state index in [4.69, 9.17) is 10.5 Å². The lowest BCUT2D eigenvalue weighted by Gasteiger charge is -2.37. The van der Waals surface area contributed by atoms with E-state index in [-0.39, 0.29) is 6.10 Å². The molecule has 2 atom stereocenters. The fraction of sp³-hybridized carbons (Fsp3) is 1.00. The number of ether oxygens (including phenoxy) is 1. The smallest absolute Gasteiger partial charge is 0.0824 e. The third kappa shape index (κ3) is 3.25. The molecule has 1 aliphatic heterocycles. The summed E-state index contributed by atoms with van der Waals surface area (Å²) in [6, 6.07) is 0.564. The maximum atomic E-state index is 5.59. The Hall–Kier alpha value is -0.120. The molecular formula is C10H22N2O. The first-order valence-electron chi connectivity index (χ1n) is 5.33. The fourth-order valence-electron chi connectivity index (χ4n) is 1.69. The van der Waals surface area contributed by atoms with Gasteiger partial charge in [0.15, 0.2) is 0 Å². The van der Waals surface area contributed by atoms with Gasteiger partial charge in [-0.3, -0.25) is 4.90 Å². The largest absolute Gasteiger partial charge is 0.374 e. The van der Waals surface area contributed by atoms with E-state index in [1.165, 1.54) is 19.4 Å². The molecule has 13 heavy (non-hydrogen) atoms. The Labute approximate surface area is 81.2 Å². The van der Waals surface area contributed by atoms with Crippen LogP contribution in [-0.4, -0.2) is 43.3 Å². The predicted molar refractivity (Wildman–Crippen MR) is 54.7 cm³/mol. The summed E-state index contributed by atoms with van der Waals surface area (Å²) in [4.78, 5) is 2.49. The Kier molecular flexibility index (Phi) is 4.70. The SMILES string of the molecule is CCCCN1CC(CN)OCC1C. The highest BCUT2D eigenvalue weighted by molar-refractivity contribution is 4.77. The van der Waals surface area contributed by atoms with E-state index in [1.54, 1.807) is 0 Å². The van der Waals surface area contributed by atoms with E-state index in [0.29, 0.717) is 12.6 Å². The third-order valence-corrected chi connectivity index (χ3v) is 2.70. The van der Waals surface area contributed by atoms with E-state index in [2.05, 4.69) is 18.7 Å². The molecule has 0 saturated carbocycles. The van der Waals surface area contributed by atoms with Gasteiger partial charge in [0.25, 0.3) is 0 Å². The molecule has 3 heteroatoms. The summed E-state index contributed by atoms with van der Waals surface area (Å²) < 4.78 is 5.58. The molecule has 0 aromatic heterocycles. The van der Waals surface area contributed by atoms with Crippen LogP contribution >= 0.6 is 0 Å². The predicted octanol–water partition coefficient (Wildman–Crippen LogP) is 0.834. The zero-order valence-corrected chi connectivity index (χ0v) is 8.83. The Morgan fingerprint density at radius 3 is 2.92 bits per heavy atom. The quantitative estimate of drug-likeness (QED) is 0.707. The molecule has 1 rings (SSSR count). The minimum atomic E-state index is 0.257. The summed E-state index contributed by atoms with van der Waals surface area (Å²) in [6.45, 7) is 8.14. The van der Waals surface area contributed by atoms with Crippen molar-refractivity contribution in [2.45, 2.75) is 38.8 Å². The zero-order chi connectivity index (χ0) is 9.68. The van der Waals surface area contributed by atoms with Crippen molar-refractivity contribution < 1.29 is 4.74 Å². The summed E-state index contributed by atoms with van der Waals surface area (Å²) in [7, 11) is 0. The van der Waals surface area contributed by atoms with Crippen LogP contribution in [0.2, 0.25) is 0 Å². The summed E-state index contributed by atoms with van der Waals surface area (Å²) >= 11 is 0. The lowest BCUT2D eigenvalue weighted by atomic mass is 10.2. The second kappa shape index (κ2) is 5.58. The van der Waals surface area contributed by atoms with Gasteiger partial charge < -0.3 is 10.5 Å². The summed E-state index contributed by atoms with van der Waals surface area (Å²) in [5.41, 5.74) is 5.59. The van der Waals surface area contributed by atoms with Crippen LogP contribution in [-0.2, 0) is 4.74 Å². The van der Waals surface area contributed by atoms with Crippen LogP contribution in [0.1, 0.15) is 26.7 Å². The first kappa shape index (κ1) is 11.0.